The van der Waals surface area contributed by atoms with Crippen LogP contribution in [0.3, 0.4) is 0 Å². The highest BCUT2D eigenvalue weighted by molar-refractivity contribution is 6.30. The minimum atomic E-state index is -0.399. The van der Waals surface area contributed by atoms with E-state index in [9.17, 15) is 9.90 Å². The molecule has 1 aromatic carbocycles. The first kappa shape index (κ1) is 15.4. The second-order valence-electron chi connectivity index (χ2n) is 5.18. The second kappa shape index (κ2) is 7.14. The van der Waals surface area contributed by atoms with Gasteiger partial charge in [0.05, 0.1) is 0 Å². The van der Waals surface area contributed by atoms with Gasteiger partial charge in [-0.15, -0.1) is 0 Å². The van der Waals surface area contributed by atoms with E-state index < -0.39 is 5.91 Å². The van der Waals surface area contributed by atoms with E-state index in [2.05, 4.69) is 5.32 Å². The molecule has 1 aliphatic carbocycles. The molecule has 2 N–H and O–H groups in total. The summed E-state index contributed by atoms with van der Waals surface area (Å²) in [5.74, 6) is -0.415. The van der Waals surface area contributed by atoms with Gasteiger partial charge in [-0.2, -0.15) is 5.26 Å². The molecular weight excluding hydrogens is 288 g/mol. The number of phenolic OH excluding ortho intramolecular Hbond substituents is 1. The average Bonchev–Trinajstić information content (AvgIpc) is 2.49. The smallest absolute Gasteiger partial charge is 0.262 e. The van der Waals surface area contributed by atoms with Gasteiger partial charge in [0.25, 0.3) is 5.91 Å². The molecule has 0 heterocycles. The van der Waals surface area contributed by atoms with E-state index in [4.69, 9.17) is 16.9 Å². The molecule has 1 fully saturated rings. The molecule has 0 spiro atoms. The van der Waals surface area contributed by atoms with Crippen LogP contribution in [0.2, 0.25) is 5.02 Å². The molecule has 1 saturated carbocycles. The Morgan fingerprint density at radius 3 is 2.76 bits per heavy atom. The van der Waals surface area contributed by atoms with Crippen molar-refractivity contribution < 1.29 is 9.90 Å². The summed E-state index contributed by atoms with van der Waals surface area (Å²) >= 11 is 5.85. The van der Waals surface area contributed by atoms with Crippen molar-refractivity contribution in [3.63, 3.8) is 0 Å². The first-order chi connectivity index (χ1) is 10.1. The van der Waals surface area contributed by atoms with Crippen LogP contribution in [0.5, 0.6) is 5.75 Å². The molecule has 0 aliphatic heterocycles. The topological polar surface area (TPSA) is 73.1 Å². The lowest BCUT2D eigenvalue weighted by atomic mass is 9.95. The predicted octanol–water partition coefficient (Wildman–Crippen LogP) is 3.40. The highest BCUT2D eigenvalue weighted by Gasteiger charge is 2.18. The Morgan fingerprint density at radius 2 is 2.10 bits per heavy atom. The van der Waals surface area contributed by atoms with Gasteiger partial charge in [0.1, 0.15) is 17.4 Å². The number of benzene rings is 1. The van der Waals surface area contributed by atoms with Crippen molar-refractivity contribution in [1.29, 1.82) is 5.26 Å². The van der Waals surface area contributed by atoms with Gasteiger partial charge in [-0.3, -0.25) is 4.79 Å². The van der Waals surface area contributed by atoms with Crippen LogP contribution in [0.25, 0.3) is 6.08 Å². The van der Waals surface area contributed by atoms with E-state index in [0.29, 0.717) is 10.6 Å². The summed E-state index contributed by atoms with van der Waals surface area (Å²) in [5, 5.41) is 22.2. The lowest BCUT2D eigenvalue weighted by Crippen LogP contribution is -2.36. The number of phenols is 1. The monoisotopic (exact) mass is 304 g/mol. The molecule has 1 amide bonds. The van der Waals surface area contributed by atoms with E-state index in [1.54, 1.807) is 6.07 Å². The lowest BCUT2D eigenvalue weighted by molar-refractivity contribution is -0.117. The average molecular weight is 305 g/mol. The number of carbonyl (C=O) groups excluding carboxylic acids is 1. The van der Waals surface area contributed by atoms with E-state index in [0.717, 1.165) is 25.7 Å². The molecule has 1 aliphatic rings. The van der Waals surface area contributed by atoms with Crippen molar-refractivity contribution in [3.05, 3.63) is 34.4 Å². The molecular formula is C16H17ClN2O2. The third kappa shape index (κ3) is 4.24. The van der Waals surface area contributed by atoms with Crippen LogP contribution in [0.4, 0.5) is 0 Å². The van der Waals surface area contributed by atoms with Gasteiger partial charge in [0.2, 0.25) is 0 Å². The molecule has 2 rings (SSSR count). The summed E-state index contributed by atoms with van der Waals surface area (Å²) in [7, 11) is 0. The Bertz CT molecular complexity index is 599. The van der Waals surface area contributed by atoms with Gasteiger partial charge in [-0.05, 0) is 37.1 Å². The zero-order valence-electron chi connectivity index (χ0n) is 11.6. The van der Waals surface area contributed by atoms with Crippen molar-refractivity contribution in [1.82, 2.24) is 5.32 Å². The van der Waals surface area contributed by atoms with Gasteiger partial charge in [0.15, 0.2) is 0 Å². The minimum Gasteiger partial charge on any atom is -0.507 e. The predicted molar refractivity (Wildman–Crippen MR) is 81.7 cm³/mol. The fourth-order valence-electron chi connectivity index (χ4n) is 2.46. The fraction of sp³-hybridized carbons (Fsp3) is 0.375. The van der Waals surface area contributed by atoms with E-state index in [-0.39, 0.29) is 17.4 Å². The summed E-state index contributed by atoms with van der Waals surface area (Å²) in [6, 6.07) is 6.51. The van der Waals surface area contributed by atoms with Gasteiger partial charge in [-0.25, -0.2) is 0 Å². The number of hydrogen-bond acceptors (Lipinski definition) is 3. The van der Waals surface area contributed by atoms with Crippen LogP contribution in [0.1, 0.15) is 37.7 Å². The number of rotatable bonds is 3. The Hall–Kier alpha value is -1.99. The molecule has 0 unspecified atom stereocenters. The van der Waals surface area contributed by atoms with E-state index in [1.807, 2.05) is 6.07 Å². The number of aromatic hydroxyl groups is 1. The maximum absolute atomic E-state index is 12.1. The summed E-state index contributed by atoms with van der Waals surface area (Å²) in [4.78, 5) is 12.1. The highest BCUT2D eigenvalue weighted by Crippen LogP contribution is 2.24. The molecule has 0 saturated heterocycles. The minimum absolute atomic E-state index is 0.0161. The number of nitrogens with zero attached hydrogens (tertiary/aromatic N) is 1. The van der Waals surface area contributed by atoms with Gasteiger partial charge < -0.3 is 10.4 Å². The Labute approximate surface area is 129 Å². The molecule has 0 radical (unpaired) electrons. The third-order valence-corrected chi connectivity index (χ3v) is 3.83. The summed E-state index contributed by atoms with van der Waals surface area (Å²) in [6.07, 6.45) is 6.67. The Balaban J connectivity index is 2.14. The van der Waals surface area contributed by atoms with Crippen LogP contribution in [0, 0.1) is 11.3 Å². The van der Waals surface area contributed by atoms with Crippen molar-refractivity contribution in [2.45, 2.75) is 38.1 Å². The third-order valence-electron chi connectivity index (χ3n) is 3.59. The number of halogens is 1. The van der Waals surface area contributed by atoms with Gasteiger partial charge in [-0.1, -0.05) is 30.9 Å². The van der Waals surface area contributed by atoms with Crippen LogP contribution >= 0.6 is 11.6 Å². The largest absolute Gasteiger partial charge is 0.507 e. The second-order valence-corrected chi connectivity index (χ2v) is 5.62. The van der Waals surface area contributed by atoms with Crippen molar-refractivity contribution in [2.24, 2.45) is 0 Å². The normalized spacial score (nSPS) is 16.3. The zero-order chi connectivity index (χ0) is 15.2. The van der Waals surface area contributed by atoms with Crippen LogP contribution in [-0.2, 0) is 4.79 Å². The van der Waals surface area contributed by atoms with Crippen LogP contribution in [0.15, 0.2) is 23.8 Å². The molecule has 1 aromatic rings. The van der Waals surface area contributed by atoms with E-state index in [1.165, 1.54) is 24.6 Å². The maximum atomic E-state index is 12.1. The Morgan fingerprint density at radius 1 is 1.38 bits per heavy atom. The van der Waals surface area contributed by atoms with Crippen molar-refractivity contribution in [2.75, 3.05) is 0 Å². The molecule has 4 nitrogen and oxygen atoms in total. The van der Waals surface area contributed by atoms with Gasteiger partial charge >= 0.3 is 0 Å². The summed E-state index contributed by atoms with van der Waals surface area (Å²) in [6.45, 7) is 0. The quantitative estimate of drug-likeness (QED) is 0.664. The molecule has 0 aromatic heterocycles. The first-order valence-electron chi connectivity index (χ1n) is 7.01. The summed E-state index contributed by atoms with van der Waals surface area (Å²) < 4.78 is 0. The lowest BCUT2D eigenvalue weighted by Gasteiger charge is -2.22. The highest BCUT2D eigenvalue weighted by atomic mass is 35.5. The maximum Gasteiger partial charge on any atom is 0.262 e. The number of carbonyl (C=O) groups is 1. The standard InChI is InChI=1S/C16H17ClN2O2/c17-13-6-7-15(20)11(9-13)8-12(10-18)16(21)19-14-4-2-1-3-5-14/h6-9,14,20H,1-5H2,(H,19,21). The number of nitrogens with one attached hydrogen (secondary N) is 1. The van der Waals surface area contributed by atoms with Crippen molar-refractivity contribution in [3.8, 4) is 11.8 Å². The number of nitriles is 1. The fourth-order valence-corrected chi connectivity index (χ4v) is 2.64. The summed E-state index contributed by atoms with van der Waals surface area (Å²) in [5.41, 5.74) is 0.330. The zero-order valence-corrected chi connectivity index (χ0v) is 12.4. The molecule has 21 heavy (non-hydrogen) atoms. The van der Waals surface area contributed by atoms with E-state index >= 15 is 0 Å². The first-order valence-corrected chi connectivity index (χ1v) is 7.39. The molecule has 0 atom stereocenters. The molecule has 110 valence electrons. The van der Waals surface area contributed by atoms with Crippen LogP contribution < -0.4 is 5.32 Å². The van der Waals surface area contributed by atoms with Crippen molar-refractivity contribution >= 4 is 23.6 Å². The Kier molecular flexibility index (Phi) is 5.24. The van der Waals surface area contributed by atoms with Crippen LogP contribution in [-0.4, -0.2) is 17.1 Å². The SMILES string of the molecule is N#CC(=Cc1cc(Cl)ccc1O)C(=O)NC1CCCCC1. The number of amides is 1. The molecule has 0 bridgehead atoms. The van der Waals surface area contributed by atoms with Gasteiger partial charge in [0, 0.05) is 16.6 Å². The molecule has 5 heteroatoms. The number of hydrogen-bond donors (Lipinski definition) is 2.